The second-order valence-electron chi connectivity index (χ2n) is 3.50. The number of sulfone groups is 1. The molecule has 2 heterocycles. The highest BCUT2D eigenvalue weighted by Gasteiger charge is 2.31. The Morgan fingerprint density at radius 2 is 2.18 bits per heavy atom. The molecule has 2 aromatic rings. The topological polar surface area (TPSA) is 68.3 Å². The van der Waals surface area contributed by atoms with Crippen molar-refractivity contribution in [3.05, 3.63) is 40.9 Å². The fraction of sp³-hybridized carbons (Fsp3) is 0.100. The minimum absolute atomic E-state index is 0.482. The van der Waals surface area contributed by atoms with Gasteiger partial charge in [0.1, 0.15) is 11.3 Å². The summed E-state index contributed by atoms with van der Waals surface area (Å²) in [5.41, 5.74) is 3.25. The molecule has 0 fully saturated rings. The molecule has 7 heteroatoms. The number of hydroxylamine groups is 1. The lowest BCUT2D eigenvalue weighted by Crippen LogP contribution is -2.29. The van der Waals surface area contributed by atoms with Crippen LogP contribution in [0.4, 0.5) is 0 Å². The van der Waals surface area contributed by atoms with E-state index in [1.165, 1.54) is 11.3 Å². The molecule has 1 N–H and O–H groups in total. The second-order valence-corrected chi connectivity index (χ2v) is 6.48. The van der Waals surface area contributed by atoms with Gasteiger partial charge in [-0.15, -0.1) is 16.8 Å². The third-order valence-corrected chi connectivity index (χ3v) is 5.07. The first kappa shape index (κ1) is 10.7. The molecule has 5 nitrogen and oxygen atoms in total. The number of nitrogens with one attached hydrogen (secondary N) is 1. The molecular formula is C10H8N2O3S2. The van der Waals surface area contributed by atoms with Crippen molar-refractivity contribution in [2.75, 3.05) is 0 Å². The van der Waals surface area contributed by atoms with Crippen LogP contribution in [0.3, 0.4) is 0 Å². The predicted octanol–water partition coefficient (Wildman–Crippen LogP) is 1.72. The first-order valence-corrected chi connectivity index (χ1v) is 7.26. The van der Waals surface area contributed by atoms with Gasteiger partial charge >= 0.3 is 0 Å². The fourth-order valence-electron chi connectivity index (χ4n) is 1.55. The lowest BCUT2D eigenvalue weighted by Gasteiger charge is -2.16. The average molecular weight is 268 g/mol. The lowest BCUT2D eigenvalue weighted by atomic mass is 10.3. The first-order chi connectivity index (χ1) is 8.17. The number of hydrogen-bond acceptors (Lipinski definition) is 6. The van der Waals surface area contributed by atoms with Crippen LogP contribution in [0.15, 0.2) is 35.9 Å². The summed E-state index contributed by atoms with van der Waals surface area (Å²) in [5, 5.41) is 0.598. The van der Waals surface area contributed by atoms with Crippen molar-refractivity contribution < 1.29 is 13.3 Å². The lowest BCUT2D eigenvalue weighted by molar-refractivity contribution is 0.119. The van der Waals surface area contributed by atoms with Gasteiger partial charge in [-0.05, 0) is 12.1 Å². The number of hydrogen-bond donors (Lipinski definition) is 1. The molecular weight excluding hydrogens is 260 g/mol. The van der Waals surface area contributed by atoms with Gasteiger partial charge in [-0.1, -0.05) is 12.1 Å². The molecule has 0 aliphatic carbocycles. The van der Waals surface area contributed by atoms with Crippen molar-refractivity contribution in [1.29, 1.82) is 0 Å². The van der Waals surface area contributed by atoms with Gasteiger partial charge in [-0.2, -0.15) is 0 Å². The summed E-state index contributed by atoms with van der Waals surface area (Å²) in [6.07, 6.45) is 1.11. The Bertz CT molecular complexity index is 657. The number of aromatic nitrogens is 1. The van der Waals surface area contributed by atoms with E-state index >= 15 is 0 Å². The summed E-state index contributed by atoms with van der Waals surface area (Å²) < 4.78 is 24.5. The van der Waals surface area contributed by atoms with Crippen LogP contribution in [0, 0.1) is 0 Å². The molecule has 0 saturated carbocycles. The minimum atomic E-state index is -3.39. The number of benzene rings is 1. The van der Waals surface area contributed by atoms with Crippen LogP contribution in [0.1, 0.15) is 10.4 Å². The van der Waals surface area contributed by atoms with Crippen molar-refractivity contribution in [3.8, 4) is 0 Å². The summed E-state index contributed by atoms with van der Waals surface area (Å²) in [5.74, 6) is 0. The molecule has 1 aliphatic rings. The van der Waals surface area contributed by atoms with E-state index in [-0.39, 0.29) is 0 Å². The third kappa shape index (κ3) is 1.82. The van der Waals surface area contributed by atoms with Crippen molar-refractivity contribution in [2.45, 2.75) is 5.37 Å². The quantitative estimate of drug-likeness (QED) is 0.852. The maximum atomic E-state index is 11.8. The molecule has 17 heavy (non-hydrogen) atoms. The summed E-state index contributed by atoms with van der Waals surface area (Å²) in [6.45, 7) is 0. The van der Waals surface area contributed by atoms with Crippen LogP contribution < -0.4 is 5.48 Å². The number of fused-ring (bicyclic) bond motifs is 1. The zero-order valence-corrected chi connectivity index (χ0v) is 10.2. The molecule has 1 aliphatic heterocycles. The Labute approximate surface area is 102 Å². The van der Waals surface area contributed by atoms with Crippen molar-refractivity contribution in [2.24, 2.45) is 0 Å². The van der Waals surface area contributed by atoms with Gasteiger partial charge in [0.2, 0.25) is 0 Å². The van der Waals surface area contributed by atoms with E-state index in [1.54, 1.807) is 0 Å². The summed E-state index contributed by atoms with van der Waals surface area (Å²) >= 11 is 1.34. The van der Waals surface area contributed by atoms with Gasteiger partial charge in [0.25, 0.3) is 0 Å². The van der Waals surface area contributed by atoms with Gasteiger partial charge in [0.05, 0.1) is 15.6 Å². The van der Waals surface area contributed by atoms with Gasteiger partial charge in [0, 0.05) is 0 Å². The van der Waals surface area contributed by atoms with Crippen LogP contribution >= 0.6 is 11.3 Å². The highest BCUT2D eigenvalue weighted by molar-refractivity contribution is 7.94. The highest BCUT2D eigenvalue weighted by atomic mass is 32.2. The Morgan fingerprint density at radius 1 is 1.35 bits per heavy atom. The minimum Gasteiger partial charge on any atom is -0.414 e. The number of thiazole rings is 1. The molecule has 0 saturated heterocycles. The van der Waals surface area contributed by atoms with E-state index < -0.39 is 15.2 Å². The van der Waals surface area contributed by atoms with Crippen LogP contribution in [-0.4, -0.2) is 13.4 Å². The molecule has 0 bridgehead atoms. The number of nitrogens with zero attached hydrogens (tertiary/aromatic N) is 1. The van der Waals surface area contributed by atoms with Gasteiger partial charge in [0.15, 0.2) is 15.2 Å². The van der Waals surface area contributed by atoms with E-state index in [1.807, 2.05) is 24.3 Å². The van der Waals surface area contributed by atoms with Crippen LogP contribution in [-0.2, 0) is 14.7 Å². The monoisotopic (exact) mass is 268 g/mol. The molecule has 88 valence electrons. The zero-order chi connectivity index (χ0) is 11.9. The molecule has 0 spiro atoms. The Kier molecular flexibility index (Phi) is 2.39. The predicted molar refractivity (Wildman–Crippen MR) is 64.6 cm³/mol. The largest absolute Gasteiger partial charge is 0.414 e. The van der Waals surface area contributed by atoms with Gasteiger partial charge < -0.3 is 4.84 Å². The summed E-state index contributed by atoms with van der Waals surface area (Å²) in [7, 11) is -3.39. The maximum absolute atomic E-state index is 11.8. The number of para-hydroxylation sites is 1. The Balaban J connectivity index is 2.12. The first-order valence-electron chi connectivity index (χ1n) is 4.84. The van der Waals surface area contributed by atoms with Crippen LogP contribution in [0.5, 0.6) is 0 Å². The SMILES string of the molecule is O=S1(=O)C=CONC1c1nc2ccccc2s1. The summed E-state index contributed by atoms with van der Waals surface area (Å²) in [6, 6.07) is 7.51. The Morgan fingerprint density at radius 3 is 2.94 bits per heavy atom. The van der Waals surface area contributed by atoms with E-state index in [0.717, 1.165) is 21.9 Å². The molecule has 0 amide bonds. The molecule has 1 aromatic heterocycles. The molecule has 0 radical (unpaired) electrons. The summed E-state index contributed by atoms with van der Waals surface area (Å²) in [4.78, 5) is 9.12. The maximum Gasteiger partial charge on any atom is 0.200 e. The van der Waals surface area contributed by atoms with Crippen LogP contribution in [0.25, 0.3) is 10.2 Å². The second kappa shape index (κ2) is 3.80. The highest BCUT2D eigenvalue weighted by Crippen LogP contribution is 2.31. The van der Waals surface area contributed by atoms with Crippen molar-refractivity contribution in [1.82, 2.24) is 10.5 Å². The average Bonchev–Trinajstić information content (AvgIpc) is 2.71. The smallest absolute Gasteiger partial charge is 0.200 e. The number of rotatable bonds is 1. The van der Waals surface area contributed by atoms with E-state index in [4.69, 9.17) is 4.84 Å². The third-order valence-electron chi connectivity index (χ3n) is 2.35. The normalized spacial score (nSPS) is 22.5. The molecule has 3 rings (SSSR count). The zero-order valence-electron chi connectivity index (χ0n) is 8.53. The fourth-order valence-corrected chi connectivity index (χ4v) is 3.87. The Hall–Kier alpha value is -1.44. The van der Waals surface area contributed by atoms with Crippen LogP contribution in [0.2, 0.25) is 0 Å². The van der Waals surface area contributed by atoms with E-state index in [9.17, 15) is 8.42 Å². The van der Waals surface area contributed by atoms with Gasteiger partial charge in [-0.3, -0.25) is 0 Å². The molecule has 1 unspecified atom stereocenters. The van der Waals surface area contributed by atoms with Crippen molar-refractivity contribution in [3.63, 3.8) is 0 Å². The van der Waals surface area contributed by atoms with Gasteiger partial charge in [-0.25, -0.2) is 13.4 Å². The van der Waals surface area contributed by atoms with E-state index in [2.05, 4.69) is 10.5 Å². The van der Waals surface area contributed by atoms with E-state index in [0.29, 0.717) is 5.01 Å². The van der Waals surface area contributed by atoms with Crippen molar-refractivity contribution >= 4 is 31.4 Å². The molecule has 1 aromatic carbocycles. The molecule has 1 atom stereocenters. The standard InChI is InChI=1S/C10H8N2O3S2/c13-17(14)6-5-15-12-10(17)9-11-7-3-1-2-4-8(7)16-9/h1-6,10,12H.